The van der Waals surface area contributed by atoms with Gasteiger partial charge in [-0.2, -0.15) is 4.31 Å². The van der Waals surface area contributed by atoms with Crippen LogP contribution in [0.15, 0.2) is 29.2 Å². The van der Waals surface area contributed by atoms with Gasteiger partial charge in [0, 0.05) is 37.8 Å². The molecule has 2 heterocycles. The Labute approximate surface area is 176 Å². The van der Waals surface area contributed by atoms with Crippen molar-refractivity contribution < 1.29 is 27.5 Å². The summed E-state index contributed by atoms with van der Waals surface area (Å²) in [6, 6.07) is 6.00. The van der Waals surface area contributed by atoms with Crippen LogP contribution in [-0.4, -0.2) is 67.7 Å². The van der Waals surface area contributed by atoms with Gasteiger partial charge in [0.2, 0.25) is 15.9 Å². The van der Waals surface area contributed by atoms with E-state index in [4.69, 9.17) is 4.74 Å². The first-order valence-corrected chi connectivity index (χ1v) is 11.5. The minimum absolute atomic E-state index is 0.00251. The maximum Gasteiger partial charge on any atom is 0.311 e. The Kier molecular flexibility index (Phi) is 6.77. The fourth-order valence-electron chi connectivity index (χ4n) is 3.65. The zero-order valence-electron chi connectivity index (χ0n) is 17.2. The van der Waals surface area contributed by atoms with E-state index in [1.165, 1.54) is 16.4 Å². The molecule has 2 aliphatic rings. The summed E-state index contributed by atoms with van der Waals surface area (Å²) in [7, 11) is -3.59. The van der Waals surface area contributed by atoms with E-state index in [0.717, 1.165) is 12.8 Å². The van der Waals surface area contributed by atoms with Crippen molar-refractivity contribution in [1.82, 2.24) is 9.21 Å². The first-order valence-electron chi connectivity index (χ1n) is 10.0. The second kappa shape index (κ2) is 9.13. The molecule has 2 fully saturated rings. The number of likely N-dealkylation sites (tertiary alicyclic amines) is 1. The minimum atomic E-state index is -3.59. The van der Waals surface area contributed by atoms with E-state index in [2.05, 4.69) is 5.32 Å². The SMILES string of the molecule is CC(C)N1CC(C(=O)OCC(=O)Nc2cccc(S(=O)(=O)N3CCCC3)c2)CC1=O. The van der Waals surface area contributed by atoms with Gasteiger partial charge in [-0.25, -0.2) is 8.42 Å². The number of anilines is 1. The molecule has 3 rings (SSSR count). The molecule has 30 heavy (non-hydrogen) atoms. The monoisotopic (exact) mass is 437 g/mol. The number of hydrogen-bond acceptors (Lipinski definition) is 6. The summed E-state index contributed by atoms with van der Waals surface area (Å²) < 4.78 is 31.8. The lowest BCUT2D eigenvalue weighted by molar-refractivity contribution is -0.151. The summed E-state index contributed by atoms with van der Waals surface area (Å²) >= 11 is 0. The quantitative estimate of drug-likeness (QED) is 0.642. The van der Waals surface area contributed by atoms with E-state index < -0.39 is 34.4 Å². The minimum Gasteiger partial charge on any atom is -0.455 e. The Balaban J connectivity index is 1.54. The molecule has 9 nitrogen and oxygen atoms in total. The Hall–Kier alpha value is -2.46. The van der Waals surface area contributed by atoms with Crippen molar-refractivity contribution in [3.63, 3.8) is 0 Å². The second-order valence-electron chi connectivity index (χ2n) is 7.84. The summed E-state index contributed by atoms with van der Waals surface area (Å²) in [5, 5.41) is 2.55. The first-order chi connectivity index (χ1) is 14.2. The smallest absolute Gasteiger partial charge is 0.311 e. The molecule has 0 aliphatic carbocycles. The van der Waals surface area contributed by atoms with Crippen LogP contribution >= 0.6 is 0 Å². The number of esters is 1. The van der Waals surface area contributed by atoms with Gasteiger partial charge in [0.25, 0.3) is 5.91 Å². The van der Waals surface area contributed by atoms with Gasteiger partial charge in [-0.1, -0.05) is 6.07 Å². The topological polar surface area (TPSA) is 113 Å². The molecule has 2 amide bonds. The number of carbonyl (C=O) groups excluding carboxylic acids is 3. The van der Waals surface area contributed by atoms with Gasteiger partial charge in [-0.05, 0) is 44.9 Å². The Morgan fingerprint density at radius 2 is 1.93 bits per heavy atom. The molecular formula is C20H27N3O6S. The van der Waals surface area contributed by atoms with Crippen LogP contribution < -0.4 is 5.32 Å². The lowest BCUT2D eigenvalue weighted by atomic mass is 10.1. The largest absolute Gasteiger partial charge is 0.455 e. The number of nitrogens with zero attached hydrogens (tertiary/aromatic N) is 2. The van der Waals surface area contributed by atoms with E-state index in [1.54, 1.807) is 17.0 Å². The summed E-state index contributed by atoms with van der Waals surface area (Å²) in [5.41, 5.74) is 0.304. The molecule has 0 bridgehead atoms. The highest BCUT2D eigenvalue weighted by Crippen LogP contribution is 2.23. The molecule has 1 aromatic rings. The predicted octanol–water partition coefficient (Wildman–Crippen LogP) is 1.21. The number of ether oxygens (including phenoxy) is 1. The molecule has 10 heteroatoms. The van der Waals surface area contributed by atoms with E-state index in [9.17, 15) is 22.8 Å². The number of carbonyl (C=O) groups is 3. The van der Waals surface area contributed by atoms with Gasteiger partial charge in [0.05, 0.1) is 10.8 Å². The van der Waals surface area contributed by atoms with Crippen LogP contribution in [0.2, 0.25) is 0 Å². The maximum atomic E-state index is 12.6. The summed E-state index contributed by atoms with van der Waals surface area (Å²) in [4.78, 5) is 38.0. The molecular weight excluding hydrogens is 410 g/mol. The maximum absolute atomic E-state index is 12.6. The van der Waals surface area contributed by atoms with E-state index >= 15 is 0 Å². The number of nitrogens with one attached hydrogen (secondary N) is 1. The summed E-state index contributed by atoms with van der Waals surface area (Å²) in [5.74, 6) is -1.86. The Morgan fingerprint density at radius 3 is 2.57 bits per heavy atom. The number of benzene rings is 1. The Morgan fingerprint density at radius 1 is 1.23 bits per heavy atom. The molecule has 0 spiro atoms. The molecule has 1 unspecified atom stereocenters. The normalized spacial score (nSPS) is 20.0. The second-order valence-corrected chi connectivity index (χ2v) is 9.77. The van der Waals surface area contributed by atoms with Crippen LogP contribution in [0.1, 0.15) is 33.1 Å². The van der Waals surface area contributed by atoms with E-state index in [-0.39, 0.29) is 29.8 Å². The van der Waals surface area contributed by atoms with Gasteiger partial charge < -0.3 is 15.0 Å². The third-order valence-electron chi connectivity index (χ3n) is 5.28. The van der Waals surface area contributed by atoms with Crippen molar-refractivity contribution >= 4 is 33.5 Å². The lowest BCUT2D eigenvalue weighted by Gasteiger charge is -2.20. The van der Waals surface area contributed by atoms with Crippen molar-refractivity contribution in [2.75, 3.05) is 31.6 Å². The van der Waals surface area contributed by atoms with Crippen molar-refractivity contribution in [1.29, 1.82) is 0 Å². The van der Waals surface area contributed by atoms with Crippen LogP contribution in [0.4, 0.5) is 5.69 Å². The fraction of sp³-hybridized carbons (Fsp3) is 0.550. The number of rotatable bonds is 7. The molecule has 0 radical (unpaired) electrons. The van der Waals surface area contributed by atoms with Crippen molar-refractivity contribution in [2.24, 2.45) is 5.92 Å². The van der Waals surface area contributed by atoms with E-state index in [0.29, 0.717) is 18.8 Å². The zero-order valence-corrected chi connectivity index (χ0v) is 18.0. The average molecular weight is 438 g/mol. The first kappa shape index (κ1) is 22.2. The number of sulfonamides is 1. The number of hydrogen-bond donors (Lipinski definition) is 1. The fourth-order valence-corrected chi connectivity index (χ4v) is 5.22. The van der Waals surface area contributed by atoms with Gasteiger partial charge in [0.1, 0.15) is 0 Å². The third-order valence-corrected chi connectivity index (χ3v) is 7.18. The predicted molar refractivity (Wildman–Crippen MR) is 109 cm³/mol. The Bertz CT molecular complexity index is 924. The standard InChI is InChI=1S/C20H27N3O6S/c1-14(2)23-12-15(10-19(23)25)20(26)29-13-18(24)21-16-6-5-7-17(11-16)30(27,28)22-8-3-4-9-22/h5-7,11,14-15H,3-4,8-10,12-13H2,1-2H3,(H,21,24). The molecule has 1 atom stereocenters. The molecule has 164 valence electrons. The highest BCUT2D eigenvalue weighted by Gasteiger charge is 2.36. The van der Waals surface area contributed by atoms with Crippen LogP contribution in [0.5, 0.6) is 0 Å². The van der Waals surface area contributed by atoms with Crippen molar-refractivity contribution in [3.05, 3.63) is 24.3 Å². The molecule has 2 aliphatic heterocycles. The van der Waals surface area contributed by atoms with E-state index in [1.807, 2.05) is 13.8 Å². The van der Waals surface area contributed by atoms with Crippen LogP contribution in [0.3, 0.4) is 0 Å². The highest BCUT2D eigenvalue weighted by atomic mass is 32.2. The number of amides is 2. The van der Waals surface area contributed by atoms with Gasteiger partial charge in [0.15, 0.2) is 6.61 Å². The van der Waals surface area contributed by atoms with Crippen LogP contribution in [0, 0.1) is 5.92 Å². The molecule has 0 aromatic heterocycles. The van der Waals surface area contributed by atoms with Crippen molar-refractivity contribution in [3.8, 4) is 0 Å². The molecule has 0 saturated carbocycles. The molecule has 1 N–H and O–H groups in total. The zero-order chi connectivity index (χ0) is 21.9. The average Bonchev–Trinajstić information content (AvgIpc) is 3.36. The highest BCUT2D eigenvalue weighted by molar-refractivity contribution is 7.89. The molecule has 2 saturated heterocycles. The van der Waals surface area contributed by atoms with Gasteiger partial charge in [-0.3, -0.25) is 14.4 Å². The summed E-state index contributed by atoms with van der Waals surface area (Å²) in [6.45, 7) is 4.51. The summed E-state index contributed by atoms with van der Waals surface area (Å²) in [6.07, 6.45) is 1.75. The van der Waals surface area contributed by atoms with Gasteiger partial charge in [-0.15, -0.1) is 0 Å². The van der Waals surface area contributed by atoms with Crippen LogP contribution in [-0.2, 0) is 29.1 Å². The molecule has 1 aromatic carbocycles. The lowest BCUT2D eigenvalue weighted by Crippen LogP contribution is -2.33. The van der Waals surface area contributed by atoms with Gasteiger partial charge >= 0.3 is 5.97 Å². The third kappa shape index (κ3) is 4.99. The van der Waals surface area contributed by atoms with Crippen molar-refractivity contribution in [2.45, 2.75) is 44.0 Å². The van der Waals surface area contributed by atoms with Crippen LogP contribution in [0.25, 0.3) is 0 Å².